The first kappa shape index (κ1) is 13.3. The molecule has 0 saturated heterocycles. The number of methoxy groups -OCH3 is 1. The van der Waals surface area contributed by atoms with Gasteiger partial charge in [-0.1, -0.05) is 12.1 Å². The van der Waals surface area contributed by atoms with Gasteiger partial charge in [0.25, 0.3) is 10.0 Å². The van der Waals surface area contributed by atoms with E-state index < -0.39 is 10.0 Å². The van der Waals surface area contributed by atoms with Gasteiger partial charge in [0, 0.05) is 0 Å². The molecule has 0 radical (unpaired) electrons. The van der Waals surface area contributed by atoms with Crippen molar-refractivity contribution >= 4 is 15.7 Å². The van der Waals surface area contributed by atoms with E-state index in [2.05, 4.69) is 14.7 Å². The number of aromatic nitrogens is 2. The molecule has 0 aliphatic heterocycles. The van der Waals surface area contributed by atoms with Crippen molar-refractivity contribution in [2.24, 2.45) is 0 Å². The van der Waals surface area contributed by atoms with Gasteiger partial charge in [0.1, 0.15) is 0 Å². The summed E-state index contributed by atoms with van der Waals surface area (Å²) in [7, 11) is -2.19. The van der Waals surface area contributed by atoms with Crippen LogP contribution in [0, 0.1) is 6.92 Å². The first-order valence-electron chi connectivity index (χ1n) is 5.47. The summed E-state index contributed by atoms with van der Waals surface area (Å²) in [6.07, 6.45) is 2.69. The first-order valence-corrected chi connectivity index (χ1v) is 6.95. The molecule has 0 bridgehead atoms. The Morgan fingerprint density at radius 3 is 2.47 bits per heavy atom. The van der Waals surface area contributed by atoms with Gasteiger partial charge < -0.3 is 4.74 Å². The third kappa shape index (κ3) is 3.19. The Kier molecular flexibility index (Phi) is 3.66. The normalized spacial score (nSPS) is 11.1. The van der Waals surface area contributed by atoms with E-state index in [4.69, 9.17) is 4.74 Å². The van der Waals surface area contributed by atoms with Crippen LogP contribution >= 0.6 is 0 Å². The molecule has 0 aliphatic carbocycles. The molecule has 6 nitrogen and oxygen atoms in total. The van der Waals surface area contributed by atoms with Crippen molar-refractivity contribution in [3.63, 3.8) is 0 Å². The van der Waals surface area contributed by atoms with Crippen LogP contribution < -0.4 is 9.46 Å². The maximum Gasteiger partial charge on any atom is 0.316 e. The summed E-state index contributed by atoms with van der Waals surface area (Å²) < 4.78 is 31.4. The summed E-state index contributed by atoms with van der Waals surface area (Å²) in [5, 5.41) is 0. The van der Waals surface area contributed by atoms with E-state index in [0.29, 0.717) is 0 Å². The summed E-state index contributed by atoms with van der Waals surface area (Å²) in [5.74, 6) is 0. The summed E-state index contributed by atoms with van der Waals surface area (Å²) in [5.41, 5.74) is 1.15. The fraction of sp³-hybridized carbons (Fsp3) is 0.167. The van der Waals surface area contributed by atoms with Crippen molar-refractivity contribution in [2.45, 2.75) is 11.8 Å². The summed E-state index contributed by atoms with van der Waals surface area (Å²) >= 11 is 0. The highest BCUT2D eigenvalue weighted by molar-refractivity contribution is 7.92. The lowest BCUT2D eigenvalue weighted by Crippen LogP contribution is -2.13. The predicted octanol–water partition coefficient (Wildman–Crippen LogP) is 1.59. The number of benzene rings is 1. The molecule has 19 heavy (non-hydrogen) atoms. The van der Waals surface area contributed by atoms with E-state index in [9.17, 15) is 8.42 Å². The van der Waals surface area contributed by atoms with Gasteiger partial charge in [0.15, 0.2) is 0 Å². The monoisotopic (exact) mass is 279 g/mol. The van der Waals surface area contributed by atoms with Gasteiger partial charge in [0.05, 0.1) is 30.1 Å². The largest absolute Gasteiger partial charge is 0.467 e. The molecule has 0 amide bonds. The quantitative estimate of drug-likeness (QED) is 0.919. The molecule has 0 aliphatic rings. The summed E-state index contributed by atoms with van der Waals surface area (Å²) in [6.45, 7) is 1.83. The van der Waals surface area contributed by atoms with E-state index in [1.165, 1.54) is 25.6 Å². The van der Waals surface area contributed by atoms with Gasteiger partial charge in [-0.2, -0.15) is 0 Å². The van der Waals surface area contributed by atoms with Crippen LogP contribution in [0.2, 0.25) is 0 Å². The van der Waals surface area contributed by atoms with Crippen LogP contribution in [0.3, 0.4) is 0 Å². The standard InChI is InChI=1S/C12H13N3O3S/c1-9-4-3-5-11(6-9)19(16,17)15-10-7-13-12(18-2)14-8-10/h3-8,15H,1-2H3. The summed E-state index contributed by atoms with van der Waals surface area (Å²) in [4.78, 5) is 7.86. The zero-order chi connectivity index (χ0) is 13.9. The Morgan fingerprint density at radius 1 is 1.21 bits per heavy atom. The van der Waals surface area contributed by atoms with Crippen molar-refractivity contribution in [2.75, 3.05) is 11.8 Å². The Balaban J connectivity index is 2.25. The number of hydrogen-bond acceptors (Lipinski definition) is 5. The van der Waals surface area contributed by atoms with Crippen molar-refractivity contribution in [3.05, 3.63) is 42.2 Å². The Labute approximate surface area is 111 Å². The van der Waals surface area contributed by atoms with Crippen LogP contribution in [0.1, 0.15) is 5.56 Å². The fourth-order valence-electron chi connectivity index (χ4n) is 1.47. The van der Waals surface area contributed by atoms with Gasteiger partial charge in [-0.15, -0.1) is 0 Å². The average Bonchev–Trinajstić information content (AvgIpc) is 2.39. The molecule has 0 saturated carbocycles. The second kappa shape index (κ2) is 5.23. The van der Waals surface area contributed by atoms with E-state index in [0.717, 1.165) is 5.56 Å². The van der Waals surface area contributed by atoms with Crippen LogP contribution in [0.4, 0.5) is 5.69 Å². The highest BCUT2D eigenvalue weighted by Gasteiger charge is 2.14. The number of hydrogen-bond donors (Lipinski definition) is 1. The third-order valence-electron chi connectivity index (χ3n) is 2.36. The average molecular weight is 279 g/mol. The van der Waals surface area contributed by atoms with Gasteiger partial charge in [-0.25, -0.2) is 18.4 Å². The smallest absolute Gasteiger partial charge is 0.316 e. The molecule has 7 heteroatoms. The fourth-order valence-corrected chi connectivity index (χ4v) is 2.60. The number of nitrogens with one attached hydrogen (secondary N) is 1. The lowest BCUT2D eigenvalue weighted by molar-refractivity contribution is 0.380. The SMILES string of the molecule is COc1ncc(NS(=O)(=O)c2cccc(C)c2)cn1. The molecule has 1 N–H and O–H groups in total. The molecular weight excluding hydrogens is 266 g/mol. The molecule has 2 aromatic rings. The lowest BCUT2D eigenvalue weighted by atomic mass is 10.2. The van der Waals surface area contributed by atoms with E-state index in [-0.39, 0.29) is 16.6 Å². The highest BCUT2D eigenvalue weighted by Crippen LogP contribution is 2.16. The minimum Gasteiger partial charge on any atom is -0.467 e. The van der Waals surface area contributed by atoms with Crippen molar-refractivity contribution in [1.29, 1.82) is 0 Å². The first-order chi connectivity index (χ1) is 9.01. The zero-order valence-corrected chi connectivity index (χ0v) is 11.3. The molecule has 2 rings (SSSR count). The Bertz CT molecular complexity index is 669. The van der Waals surface area contributed by atoms with E-state index in [1.54, 1.807) is 12.1 Å². The number of rotatable bonds is 4. The number of anilines is 1. The molecular formula is C12H13N3O3S. The predicted molar refractivity (Wildman–Crippen MR) is 70.6 cm³/mol. The van der Waals surface area contributed by atoms with Gasteiger partial charge >= 0.3 is 6.01 Å². The van der Waals surface area contributed by atoms with E-state index >= 15 is 0 Å². The maximum absolute atomic E-state index is 12.1. The number of aryl methyl sites for hydroxylation is 1. The molecule has 1 aromatic carbocycles. The van der Waals surface area contributed by atoms with Crippen LogP contribution in [0.5, 0.6) is 6.01 Å². The third-order valence-corrected chi connectivity index (χ3v) is 3.74. The topological polar surface area (TPSA) is 81.2 Å². The van der Waals surface area contributed by atoms with Crippen LogP contribution in [0.15, 0.2) is 41.6 Å². The molecule has 0 atom stereocenters. The summed E-state index contributed by atoms with van der Waals surface area (Å²) in [6, 6.07) is 6.81. The van der Waals surface area contributed by atoms with Crippen LogP contribution in [-0.2, 0) is 10.0 Å². The molecule has 0 spiro atoms. The van der Waals surface area contributed by atoms with Crippen LogP contribution in [0.25, 0.3) is 0 Å². The minimum absolute atomic E-state index is 0.179. The van der Waals surface area contributed by atoms with Crippen molar-refractivity contribution in [3.8, 4) is 6.01 Å². The second-order valence-corrected chi connectivity index (χ2v) is 5.56. The number of ether oxygens (including phenoxy) is 1. The zero-order valence-electron chi connectivity index (χ0n) is 10.5. The van der Waals surface area contributed by atoms with Crippen molar-refractivity contribution in [1.82, 2.24) is 9.97 Å². The lowest BCUT2D eigenvalue weighted by Gasteiger charge is -2.08. The van der Waals surface area contributed by atoms with Gasteiger partial charge in [0.2, 0.25) is 0 Å². The Morgan fingerprint density at radius 2 is 1.89 bits per heavy atom. The van der Waals surface area contributed by atoms with Gasteiger partial charge in [-0.3, -0.25) is 4.72 Å². The molecule has 1 heterocycles. The number of nitrogens with zero attached hydrogens (tertiary/aromatic N) is 2. The van der Waals surface area contributed by atoms with Crippen molar-refractivity contribution < 1.29 is 13.2 Å². The second-order valence-electron chi connectivity index (χ2n) is 3.88. The molecule has 100 valence electrons. The Hall–Kier alpha value is -2.15. The highest BCUT2D eigenvalue weighted by atomic mass is 32.2. The molecule has 0 fully saturated rings. The molecule has 1 aromatic heterocycles. The molecule has 0 unspecified atom stereocenters. The maximum atomic E-state index is 12.1. The minimum atomic E-state index is -3.63. The number of sulfonamides is 1. The van der Waals surface area contributed by atoms with Gasteiger partial charge in [-0.05, 0) is 24.6 Å². The van der Waals surface area contributed by atoms with E-state index in [1.807, 2.05) is 13.0 Å². The van der Waals surface area contributed by atoms with Crippen LogP contribution in [-0.4, -0.2) is 25.5 Å².